The van der Waals surface area contributed by atoms with Gasteiger partial charge in [0.2, 0.25) is 5.91 Å². The van der Waals surface area contributed by atoms with Crippen molar-refractivity contribution in [3.63, 3.8) is 0 Å². The summed E-state index contributed by atoms with van der Waals surface area (Å²) < 4.78 is 13.6. The summed E-state index contributed by atoms with van der Waals surface area (Å²) >= 11 is 0. The summed E-state index contributed by atoms with van der Waals surface area (Å²) in [6.45, 7) is 3.50. The second kappa shape index (κ2) is 9.79. The zero-order valence-corrected chi connectivity index (χ0v) is 19.9. The number of aromatic amines is 1. The van der Waals surface area contributed by atoms with Gasteiger partial charge in [-0.05, 0) is 67.1 Å². The van der Waals surface area contributed by atoms with E-state index in [1.54, 1.807) is 18.2 Å². The number of amides is 2. The third kappa shape index (κ3) is 4.92. The van der Waals surface area contributed by atoms with Gasteiger partial charge >= 0.3 is 0 Å². The van der Waals surface area contributed by atoms with Crippen LogP contribution < -0.4 is 16.0 Å². The van der Waals surface area contributed by atoms with Gasteiger partial charge in [0.05, 0.1) is 16.6 Å². The van der Waals surface area contributed by atoms with Crippen molar-refractivity contribution < 1.29 is 14.0 Å². The fraction of sp³-hybridized carbons (Fsp3) is 0.222. The van der Waals surface area contributed by atoms with E-state index in [9.17, 15) is 14.0 Å². The van der Waals surface area contributed by atoms with E-state index in [1.807, 2.05) is 30.3 Å². The number of nitrogens with zero attached hydrogens (tertiary/aromatic N) is 3. The van der Waals surface area contributed by atoms with Crippen molar-refractivity contribution in [1.82, 2.24) is 15.1 Å². The molecule has 1 fully saturated rings. The minimum atomic E-state index is -0.666. The molecule has 0 saturated carbocycles. The summed E-state index contributed by atoms with van der Waals surface area (Å²) in [5.41, 5.74) is 9.39. The summed E-state index contributed by atoms with van der Waals surface area (Å²) in [5, 5.41) is 10.7. The van der Waals surface area contributed by atoms with Crippen molar-refractivity contribution in [2.75, 3.05) is 43.4 Å². The molecule has 1 aliphatic heterocycles. The highest BCUT2D eigenvalue weighted by Crippen LogP contribution is 2.26. The third-order valence-electron chi connectivity index (χ3n) is 6.54. The van der Waals surface area contributed by atoms with Gasteiger partial charge in [-0.25, -0.2) is 4.39 Å². The Bertz CT molecular complexity index is 1440. The van der Waals surface area contributed by atoms with E-state index < -0.39 is 11.8 Å². The van der Waals surface area contributed by atoms with Crippen LogP contribution in [0, 0.1) is 5.82 Å². The molecule has 4 N–H and O–H groups in total. The summed E-state index contributed by atoms with van der Waals surface area (Å²) in [4.78, 5) is 29.8. The van der Waals surface area contributed by atoms with E-state index in [1.165, 1.54) is 12.1 Å². The number of halogens is 1. The van der Waals surface area contributed by atoms with Crippen LogP contribution in [0.25, 0.3) is 10.9 Å². The normalized spacial score (nSPS) is 14.2. The number of rotatable bonds is 6. The minimum absolute atomic E-state index is 0.163. The van der Waals surface area contributed by atoms with Crippen molar-refractivity contribution in [3.8, 4) is 0 Å². The lowest BCUT2D eigenvalue weighted by Crippen LogP contribution is -2.44. The summed E-state index contributed by atoms with van der Waals surface area (Å²) in [7, 11) is 2.07. The number of nitrogens with two attached hydrogens (primary N) is 1. The van der Waals surface area contributed by atoms with Crippen molar-refractivity contribution in [2.45, 2.75) is 6.42 Å². The molecule has 36 heavy (non-hydrogen) atoms. The van der Waals surface area contributed by atoms with Crippen LogP contribution in [-0.4, -0.2) is 60.1 Å². The van der Waals surface area contributed by atoms with Crippen molar-refractivity contribution in [2.24, 2.45) is 5.73 Å². The van der Waals surface area contributed by atoms with Crippen LogP contribution in [0.1, 0.15) is 31.8 Å². The lowest BCUT2D eigenvalue weighted by Gasteiger charge is -2.34. The zero-order valence-electron chi connectivity index (χ0n) is 19.9. The van der Waals surface area contributed by atoms with Gasteiger partial charge in [0.1, 0.15) is 5.82 Å². The molecule has 8 nitrogen and oxygen atoms in total. The molecule has 5 rings (SSSR count). The molecule has 0 aliphatic carbocycles. The average Bonchev–Trinajstić information content (AvgIpc) is 3.26. The smallest absolute Gasteiger partial charge is 0.257 e. The van der Waals surface area contributed by atoms with Crippen LogP contribution in [0.3, 0.4) is 0 Å². The number of primary amides is 1. The number of H-pyrrole nitrogens is 1. The van der Waals surface area contributed by atoms with Gasteiger partial charge in [-0.15, -0.1) is 0 Å². The van der Waals surface area contributed by atoms with Gasteiger partial charge in [0.25, 0.3) is 5.91 Å². The lowest BCUT2D eigenvalue weighted by atomic mass is 10.0. The number of hydrogen-bond acceptors (Lipinski definition) is 5. The predicted molar refractivity (Wildman–Crippen MR) is 138 cm³/mol. The van der Waals surface area contributed by atoms with Crippen LogP contribution in [0.4, 0.5) is 15.9 Å². The Morgan fingerprint density at radius 1 is 1.00 bits per heavy atom. The summed E-state index contributed by atoms with van der Waals surface area (Å²) in [5.74, 6) is -1.08. The highest BCUT2D eigenvalue weighted by atomic mass is 19.1. The molecular weight excluding hydrogens is 459 g/mol. The van der Waals surface area contributed by atoms with E-state index in [4.69, 9.17) is 5.73 Å². The maximum Gasteiger partial charge on any atom is 0.257 e. The molecule has 0 bridgehead atoms. The molecule has 0 unspecified atom stereocenters. The van der Waals surface area contributed by atoms with Crippen LogP contribution in [-0.2, 0) is 6.42 Å². The standard InChI is InChI=1S/C27H27FN6O2/c1-33-9-11-34(12-10-33)20-6-7-21(22(16-20)25(29)35)27(36)30-26-23-15-18(5-8-24(23)31-32-26)13-17-3-2-4-19(28)14-17/h2-8,14-16H,9-13H2,1H3,(H2,29,35)(H2,30,31,32,36). The molecule has 184 valence electrons. The molecule has 0 radical (unpaired) electrons. The van der Waals surface area contributed by atoms with Crippen LogP contribution in [0.5, 0.6) is 0 Å². The number of fused-ring (bicyclic) bond motifs is 1. The quantitative estimate of drug-likeness (QED) is 0.387. The lowest BCUT2D eigenvalue weighted by molar-refractivity contribution is 0.0977. The Labute approximate surface area is 207 Å². The molecule has 1 aliphatic rings. The van der Waals surface area contributed by atoms with E-state index >= 15 is 0 Å². The molecule has 2 amide bonds. The zero-order chi connectivity index (χ0) is 25.2. The number of hydrogen-bond donors (Lipinski definition) is 3. The SMILES string of the molecule is CN1CCN(c2ccc(C(=O)Nc3n[nH]c4ccc(Cc5cccc(F)c5)cc34)c(C(N)=O)c2)CC1. The molecule has 0 spiro atoms. The number of piperazine rings is 1. The maximum absolute atomic E-state index is 13.6. The highest BCUT2D eigenvalue weighted by molar-refractivity contribution is 6.14. The summed E-state index contributed by atoms with van der Waals surface area (Å²) in [6.07, 6.45) is 0.534. The molecule has 1 aromatic heterocycles. The third-order valence-corrected chi connectivity index (χ3v) is 6.54. The fourth-order valence-electron chi connectivity index (χ4n) is 4.52. The second-order valence-electron chi connectivity index (χ2n) is 9.10. The Morgan fingerprint density at radius 2 is 1.78 bits per heavy atom. The van der Waals surface area contributed by atoms with Crippen LogP contribution in [0.15, 0.2) is 60.7 Å². The Kier molecular flexibility index (Phi) is 6.39. The number of nitrogens with one attached hydrogen (secondary N) is 2. The monoisotopic (exact) mass is 486 g/mol. The number of benzene rings is 3. The first-order valence-electron chi connectivity index (χ1n) is 11.8. The molecule has 2 heterocycles. The number of aromatic nitrogens is 2. The van der Waals surface area contributed by atoms with Crippen LogP contribution >= 0.6 is 0 Å². The van der Waals surface area contributed by atoms with Gasteiger partial charge in [0, 0.05) is 37.3 Å². The van der Waals surface area contributed by atoms with E-state index in [2.05, 4.69) is 32.4 Å². The first-order chi connectivity index (χ1) is 17.4. The molecule has 0 atom stereocenters. The van der Waals surface area contributed by atoms with Gasteiger partial charge in [-0.2, -0.15) is 5.10 Å². The predicted octanol–water partition coefficient (Wildman–Crippen LogP) is 3.40. The fourth-order valence-corrected chi connectivity index (χ4v) is 4.52. The highest BCUT2D eigenvalue weighted by Gasteiger charge is 2.21. The van der Waals surface area contributed by atoms with Crippen molar-refractivity contribution in [1.29, 1.82) is 0 Å². The Balaban J connectivity index is 1.39. The molecule has 4 aromatic rings. The number of likely N-dealkylation sites (N-methyl/N-ethyl adjacent to an activating group) is 1. The molecule has 3 aromatic carbocycles. The maximum atomic E-state index is 13.6. The molecular formula is C27H27FN6O2. The topological polar surface area (TPSA) is 107 Å². The first kappa shape index (κ1) is 23.5. The Morgan fingerprint density at radius 3 is 2.53 bits per heavy atom. The summed E-state index contributed by atoms with van der Waals surface area (Å²) in [6, 6.07) is 17.3. The first-order valence-corrected chi connectivity index (χ1v) is 11.8. The number of anilines is 2. The number of carbonyl (C=O) groups is 2. The van der Waals surface area contributed by atoms with Gasteiger partial charge in [-0.3, -0.25) is 14.7 Å². The minimum Gasteiger partial charge on any atom is -0.369 e. The second-order valence-corrected chi connectivity index (χ2v) is 9.10. The van der Waals surface area contributed by atoms with Crippen LogP contribution in [0.2, 0.25) is 0 Å². The molecule has 1 saturated heterocycles. The average molecular weight is 487 g/mol. The number of carbonyl (C=O) groups excluding carboxylic acids is 2. The van der Waals surface area contributed by atoms with E-state index in [0.29, 0.717) is 17.6 Å². The van der Waals surface area contributed by atoms with Crippen molar-refractivity contribution >= 4 is 34.2 Å². The molecule has 9 heteroatoms. The van der Waals surface area contributed by atoms with E-state index in [-0.39, 0.29) is 16.9 Å². The van der Waals surface area contributed by atoms with Gasteiger partial charge < -0.3 is 20.9 Å². The van der Waals surface area contributed by atoms with Gasteiger partial charge in [-0.1, -0.05) is 18.2 Å². The van der Waals surface area contributed by atoms with E-state index in [0.717, 1.165) is 48.5 Å². The van der Waals surface area contributed by atoms with Crippen molar-refractivity contribution in [3.05, 3.63) is 88.7 Å². The largest absolute Gasteiger partial charge is 0.369 e. The van der Waals surface area contributed by atoms with Gasteiger partial charge in [0.15, 0.2) is 5.82 Å². The Hall–Kier alpha value is -4.24.